The predicted molar refractivity (Wildman–Crippen MR) is 77.5 cm³/mol. The van der Waals surface area contributed by atoms with E-state index in [0.29, 0.717) is 5.56 Å². The molecule has 0 saturated heterocycles. The second-order valence-corrected chi connectivity index (χ2v) is 4.61. The van der Waals surface area contributed by atoms with Gasteiger partial charge in [-0.05, 0) is 35.4 Å². The third-order valence-electron chi connectivity index (χ3n) is 3.36. The summed E-state index contributed by atoms with van der Waals surface area (Å²) in [5, 5.41) is 5.31. The molecule has 0 aliphatic carbocycles. The van der Waals surface area contributed by atoms with Crippen molar-refractivity contribution in [2.45, 2.75) is 0 Å². The Kier molecular flexibility index (Phi) is 2.99. The number of benzene rings is 2. The highest BCUT2D eigenvalue weighted by atomic mass is 16.5. The highest BCUT2D eigenvalue weighted by Crippen LogP contribution is 2.25. The van der Waals surface area contributed by atoms with E-state index in [-0.39, 0.29) is 5.97 Å². The first-order valence-electron chi connectivity index (χ1n) is 6.29. The van der Waals surface area contributed by atoms with E-state index < -0.39 is 0 Å². The maximum Gasteiger partial charge on any atom is 0.337 e. The van der Waals surface area contributed by atoms with Gasteiger partial charge in [-0.1, -0.05) is 18.2 Å². The van der Waals surface area contributed by atoms with Gasteiger partial charge in [-0.2, -0.15) is 5.10 Å². The van der Waals surface area contributed by atoms with Crippen LogP contribution in [-0.4, -0.2) is 22.9 Å². The van der Waals surface area contributed by atoms with Crippen molar-refractivity contribution < 1.29 is 9.53 Å². The van der Waals surface area contributed by atoms with E-state index in [1.54, 1.807) is 6.07 Å². The highest BCUT2D eigenvalue weighted by Gasteiger charge is 2.08. The van der Waals surface area contributed by atoms with Gasteiger partial charge in [0.05, 0.1) is 24.4 Å². The number of rotatable bonds is 2. The van der Waals surface area contributed by atoms with Crippen LogP contribution in [0.5, 0.6) is 0 Å². The molecule has 0 aliphatic rings. The molecular formula is C16H14N2O2. The second-order valence-electron chi connectivity index (χ2n) is 4.61. The van der Waals surface area contributed by atoms with Gasteiger partial charge in [0, 0.05) is 12.4 Å². The van der Waals surface area contributed by atoms with Gasteiger partial charge in [-0.15, -0.1) is 0 Å². The van der Waals surface area contributed by atoms with Crippen molar-refractivity contribution in [3.05, 3.63) is 54.2 Å². The molecule has 2 aromatic carbocycles. The van der Waals surface area contributed by atoms with Crippen molar-refractivity contribution in [2.75, 3.05) is 7.11 Å². The molecule has 100 valence electrons. The SMILES string of the molecule is COC(=O)c1cccc(-c2ccc3c(cnn3C)c2)c1. The van der Waals surface area contributed by atoms with Crippen molar-refractivity contribution >= 4 is 16.9 Å². The molecule has 0 atom stereocenters. The largest absolute Gasteiger partial charge is 0.465 e. The number of aryl methyl sites for hydroxylation is 1. The molecule has 4 nitrogen and oxygen atoms in total. The van der Waals surface area contributed by atoms with Gasteiger partial charge in [-0.25, -0.2) is 4.79 Å². The average molecular weight is 266 g/mol. The van der Waals surface area contributed by atoms with Gasteiger partial charge >= 0.3 is 5.97 Å². The summed E-state index contributed by atoms with van der Waals surface area (Å²) in [6.45, 7) is 0. The van der Waals surface area contributed by atoms with E-state index >= 15 is 0 Å². The van der Waals surface area contributed by atoms with E-state index in [9.17, 15) is 4.79 Å². The Bertz CT molecular complexity index is 790. The Morgan fingerprint density at radius 3 is 2.75 bits per heavy atom. The van der Waals surface area contributed by atoms with Gasteiger partial charge in [0.1, 0.15) is 0 Å². The maximum atomic E-state index is 11.6. The molecule has 0 amide bonds. The number of aromatic nitrogens is 2. The Hall–Kier alpha value is -2.62. The molecule has 0 aliphatic heterocycles. The lowest BCUT2D eigenvalue weighted by Gasteiger charge is -2.05. The molecule has 3 rings (SSSR count). The number of methoxy groups -OCH3 is 1. The average Bonchev–Trinajstić information content (AvgIpc) is 2.87. The fraction of sp³-hybridized carbons (Fsp3) is 0.125. The van der Waals surface area contributed by atoms with Gasteiger partial charge < -0.3 is 4.74 Å². The van der Waals surface area contributed by atoms with Crippen molar-refractivity contribution in [1.82, 2.24) is 9.78 Å². The Morgan fingerprint density at radius 1 is 1.15 bits per heavy atom. The maximum absolute atomic E-state index is 11.6. The molecule has 4 heteroatoms. The van der Waals surface area contributed by atoms with Gasteiger partial charge in [0.15, 0.2) is 0 Å². The first kappa shape index (κ1) is 12.4. The van der Waals surface area contributed by atoms with Gasteiger partial charge in [0.2, 0.25) is 0 Å². The quantitative estimate of drug-likeness (QED) is 0.670. The first-order chi connectivity index (χ1) is 9.69. The van der Waals surface area contributed by atoms with Crippen LogP contribution >= 0.6 is 0 Å². The smallest absolute Gasteiger partial charge is 0.337 e. The first-order valence-corrected chi connectivity index (χ1v) is 6.29. The summed E-state index contributed by atoms with van der Waals surface area (Å²) in [6.07, 6.45) is 1.84. The van der Waals surface area contributed by atoms with Crippen LogP contribution in [0, 0.1) is 0 Å². The summed E-state index contributed by atoms with van der Waals surface area (Å²) in [6, 6.07) is 13.5. The summed E-state index contributed by atoms with van der Waals surface area (Å²) in [5.74, 6) is -0.325. The molecular weight excluding hydrogens is 252 g/mol. The topological polar surface area (TPSA) is 44.1 Å². The molecule has 1 aromatic heterocycles. The van der Waals surface area contributed by atoms with Gasteiger partial charge in [0.25, 0.3) is 0 Å². The van der Waals surface area contributed by atoms with E-state index in [2.05, 4.69) is 11.2 Å². The fourth-order valence-electron chi connectivity index (χ4n) is 2.29. The molecule has 0 unspecified atom stereocenters. The van der Waals surface area contributed by atoms with Crippen LogP contribution in [0.4, 0.5) is 0 Å². The van der Waals surface area contributed by atoms with Crippen molar-refractivity contribution in [3.8, 4) is 11.1 Å². The van der Waals surface area contributed by atoms with E-state index in [4.69, 9.17) is 4.74 Å². The lowest BCUT2D eigenvalue weighted by Crippen LogP contribution is -2.00. The molecule has 0 radical (unpaired) electrons. The number of ether oxygens (including phenoxy) is 1. The minimum atomic E-state index is -0.325. The Balaban J connectivity index is 2.08. The summed E-state index contributed by atoms with van der Waals surface area (Å²) in [4.78, 5) is 11.6. The van der Waals surface area contributed by atoms with E-state index in [0.717, 1.165) is 22.0 Å². The number of carbonyl (C=O) groups excluding carboxylic acids is 1. The van der Waals surface area contributed by atoms with Crippen LogP contribution in [0.25, 0.3) is 22.0 Å². The van der Waals surface area contributed by atoms with Crippen LogP contribution < -0.4 is 0 Å². The molecule has 0 spiro atoms. The minimum Gasteiger partial charge on any atom is -0.465 e. The Morgan fingerprint density at radius 2 is 1.95 bits per heavy atom. The third-order valence-corrected chi connectivity index (χ3v) is 3.36. The molecule has 0 N–H and O–H groups in total. The molecule has 0 bridgehead atoms. The van der Waals surface area contributed by atoms with Crippen LogP contribution in [0.15, 0.2) is 48.7 Å². The molecule has 0 saturated carbocycles. The molecule has 20 heavy (non-hydrogen) atoms. The Labute approximate surface area is 116 Å². The molecule has 1 heterocycles. The van der Waals surface area contributed by atoms with Crippen LogP contribution in [-0.2, 0) is 11.8 Å². The molecule has 0 fully saturated rings. The highest BCUT2D eigenvalue weighted by molar-refractivity contribution is 5.91. The van der Waals surface area contributed by atoms with Gasteiger partial charge in [-0.3, -0.25) is 4.68 Å². The number of hydrogen-bond donors (Lipinski definition) is 0. The fourth-order valence-corrected chi connectivity index (χ4v) is 2.29. The third kappa shape index (κ3) is 2.05. The van der Waals surface area contributed by atoms with E-state index in [1.807, 2.05) is 48.3 Å². The number of esters is 1. The van der Waals surface area contributed by atoms with Crippen LogP contribution in [0.1, 0.15) is 10.4 Å². The van der Waals surface area contributed by atoms with Crippen molar-refractivity contribution in [2.24, 2.45) is 7.05 Å². The monoisotopic (exact) mass is 266 g/mol. The number of carbonyl (C=O) groups is 1. The summed E-state index contributed by atoms with van der Waals surface area (Å²) in [5.41, 5.74) is 3.67. The van der Waals surface area contributed by atoms with Crippen LogP contribution in [0.2, 0.25) is 0 Å². The second kappa shape index (κ2) is 4.81. The minimum absolute atomic E-state index is 0.325. The standard InChI is InChI=1S/C16H14N2O2/c1-18-15-7-6-12(9-14(15)10-17-18)11-4-3-5-13(8-11)16(19)20-2/h3-10H,1-2H3. The zero-order valence-electron chi connectivity index (χ0n) is 11.3. The summed E-state index contributed by atoms with van der Waals surface area (Å²) in [7, 11) is 3.30. The predicted octanol–water partition coefficient (Wildman–Crippen LogP) is 3.03. The van der Waals surface area contributed by atoms with E-state index in [1.165, 1.54) is 7.11 Å². The van der Waals surface area contributed by atoms with Crippen molar-refractivity contribution in [3.63, 3.8) is 0 Å². The number of nitrogens with zero attached hydrogens (tertiary/aromatic N) is 2. The normalized spacial score (nSPS) is 10.7. The van der Waals surface area contributed by atoms with Crippen LogP contribution in [0.3, 0.4) is 0 Å². The summed E-state index contributed by atoms with van der Waals surface area (Å²) < 4.78 is 6.59. The zero-order valence-corrected chi connectivity index (χ0v) is 11.3. The summed E-state index contributed by atoms with van der Waals surface area (Å²) >= 11 is 0. The number of hydrogen-bond acceptors (Lipinski definition) is 3. The zero-order chi connectivity index (χ0) is 14.1. The number of fused-ring (bicyclic) bond motifs is 1. The van der Waals surface area contributed by atoms with Crippen molar-refractivity contribution in [1.29, 1.82) is 0 Å². The lowest BCUT2D eigenvalue weighted by atomic mass is 10.0. The molecule has 3 aromatic rings. The lowest BCUT2D eigenvalue weighted by molar-refractivity contribution is 0.0601.